The fourth-order valence-corrected chi connectivity index (χ4v) is 3.43. The summed E-state index contributed by atoms with van der Waals surface area (Å²) < 4.78 is 18.9. The molecule has 32 heavy (non-hydrogen) atoms. The van der Waals surface area contributed by atoms with Crippen molar-refractivity contribution in [1.82, 2.24) is 15.2 Å². The highest BCUT2D eigenvalue weighted by molar-refractivity contribution is 6.31. The third-order valence-electron chi connectivity index (χ3n) is 4.72. The van der Waals surface area contributed by atoms with E-state index >= 15 is 0 Å². The highest BCUT2D eigenvalue weighted by Crippen LogP contribution is 2.33. The van der Waals surface area contributed by atoms with Crippen molar-refractivity contribution in [2.24, 2.45) is 0 Å². The summed E-state index contributed by atoms with van der Waals surface area (Å²) in [5, 5.41) is 13.2. The SMILES string of the molecule is O=C(Nc1ccc(F)cc1)Nc1cccc(-c2n[nH]cc2-c2nc3cc(Cl)ccc3o2)c1. The molecule has 0 saturated heterocycles. The van der Waals surface area contributed by atoms with Gasteiger partial charge >= 0.3 is 6.03 Å². The maximum atomic E-state index is 13.0. The molecular weight excluding hydrogens is 433 g/mol. The number of rotatable bonds is 4. The summed E-state index contributed by atoms with van der Waals surface area (Å²) in [4.78, 5) is 16.8. The molecule has 0 aliphatic rings. The molecule has 0 saturated carbocycles. The van der Waals surface area contributed by atoms with Crippen LogP contribution < -0.4 is 10.6 Å². The highest BCUT2D eigenvalue weighted by atomic mass is 35.5. The number of halogens is 2. The van der Waals surface area contributed by atoms with Gasteiger partial charge in [-0.25, -0.2) is 14.2 Å². The van der Waals surface area contributed by atoms with Crippen molar-refractivity contribution < 1.29 is 13.6 Å². The van der Waals surface area contributed by atoms with Crippen LogP contribution in [0.25, 0.3) is 33.8 Å². The number of carbonyl (C=O) groups is 1. The van der Waals surface area contributed by atoms with Crippen LogP contribution in [-0.4, -0.2) is 21.2 Å². The molecule has 0 radical (unpaired) electrons. The van der Waals surface area contributed by atoms with E-state index in [2.05, 4.69) is 25.8 Å². The van der Waals surface area contributed by atoms with Crippen molar-refractivity contribution in [3.8, 4) is 22.7 Å². The number of carbonyl (C=O) groups excluding carboxylic acids is 1. The normalized spacial score (nSPS) is 10.9. The number of aromatic amines is 1. The van der Waals surface area contributed by atoms with Gasteiger partial charge < -0.3 is 15.1 Å². The van der Waals surface area contributed by atoms with Crippen LogP contribution in [0, 0.1) is 5.82 Å². The zero-order chi connectivity index (χ0) is 22.1. The first-order valence-electron chi connectivity index (χ1n) is 9.59. The second-order valence-electron chi connectivity index (χ2n) is 6.95. The second kappa shape index (κ2) is 8.16. The van der Waals surface area contributed by atoms with Crippen LogP contribution in [0.15, 0.2) is 77.3 Å². The predicted molar refractivity (Wildman–Crippen MR) is 121 cm³/mol. The van der Waals surface area contributed by atoms with Crippen LogP contribution in [0.2, 0.25) is 5.02 Å². The number of hydrogen-bond acceptors (Lipinski definition) is 4. The van der Waals surface area contributed by atoms with Gasteiger partial charge in [0.25, 0.3) is 0 Å². The molecular formula is C23H15ClFN5O2. The topological polar surface area (TPSA) is 95.8 Å². The first-order chi connectivity index (χ1) is 15.5. The minimum atomic E-state index is -0.452. The smallest absolute Gasteiger partial charge is 0.323 e. The number of anilines is 2. The number of nitrogens with zero attached hydrogens (tertiary/aromatic N) is 2. The highest BCUT2D eigenvalue weighted by Gasteiger charge is 2.17. The Bertz CT molecular complexity index is 1430. The Hall–Kier alpha value is -4.17. The van der Waals surface area contributed by atoms with Crippen LogP contribution in [0.3, 0.4) is 0 Å². The van der Waals surface area contributed by atoms with Gasteiger partial charge in [-0.1, -0.05) is 23.7 Å². The summed E-state index contributed by atoms with van der Waals surface area (Å²) in [6.07, 6.45) is 1.70. The molecule has 7 nitrogen and oxygen atoms in total. The summed E-state index contributed by atoms with van der Waals surface area (Å²) in [5.74, 6) is 0.0268. The molecule has 3 N–H and O–H groups in total. The molecule has 3 aromatic carbocycles. The zero-order valence-corrected chi connectivity index (χ0v) is 17.2. The van der Waals surface area contributed by atoms with Gasteiger partial charge in [0.2, 0.25) is 5.89 Å². The maximum Gasteiger partial charge on any atom is 0.323 e. The fourth-order valence-electron chi connectivity index (χ4n) is 3.26. The lowest BCUT2D eigenvalue weighted by atomic mass is 10.1. The molecule has 158 valence electrons. The van der Waals surface area contributed by atoms with Crippen LogP contribution in [0.4, 0.5) is 20.6 Å². The first-order valence-corrected chi connectivity index (χ1v) is 9.97. The Kier molecular flexibility index (Phi) is 5.04. The molecule has 0 aliphatic carbocycles. The van der Waals surface area contributed by atoms with E-state index in [1.807, 2.05) is 6.07 Å². The summed E-state index contributed by atoms with van der Waals surface area (Å²) >= 11 is 6.04. The van der Waals surface area contributed by atoms with Gasteiger partial charge in [0, 0.05) is 28.2 Å². The summed E-state index contributed by atoms with van der Waals surface area (Å²) in [6.45, 7) is 0. The molecule has 2 aromatic heterocycles. The molecule has 0 bridgehead atoms. The number of urea groups is 1. The molecule has 2 heterocycles. The average Bonchev–Trinajstić information content (AvgIpc) is 3.42. The van der Waals surface area contributed by atoms with Crippen LogP contribution >= 0.6 is 11.6 Å². The van der Waals surface area contributed by atoms with E-state index in [1.165, 1.54) is 24.3 Å². The number of hydrogen-bond donors (Lipinski definition) is 3. The number of benzene rings is 3. The van der Waals surface area contributed by atoms with Gasteiger partial charge in [0.1, 0.15) is 17.0 Å². The van der Waals surface area contributed by atoms with E-state index in [1.54, 1.807) is 42.6 Å². The van der Waals surface area contributed by atoms with Gasteiger partial charge in [-0.05, 0) is 54.6 Å². The Labute approximate surface area is 186 Å². The largest absolute Gasteiger partial charge is 0.436 e. The summed E-state index contributed by atoms with van der Waals surface area (Å²) in [7, 11) is 0. The minimum absolute atomic E-state index is 0.375. The van der Waals surface area contributed by atoms with E-state index < -0.39 is 6.03 Å². The molecule has 0 atom stereocenters. The number of fused-ring (bicyclic) bond motifs is 1. The number of aromatic nitrogens is 3. The molecule has 0 spiro atoms. The Morgan fingerprint density at radius 1 is 1.00 bits per heavy atom. The predicted octanol–water partition coefficient (Wildman–Crippen LogP) is 6.32. The molecule has 5 rings (SSSR count). The molecule has 0 aliphatic heterocycles. The van der Waals surface area contributed by atoms with Crippen LogP contribution in [-0.2, 0) is 0 Å². The standard InChI is InChI=1S/C23H15ClFN5O2/c24-14-4-9-20-19(11-14)29-22(32-20)18-12-26-30-21(18)13-2-1-3-17(10-13)28-23(31)27-16-7-5-15(25)6-8-16/h1-12H,(H,26,30)(H2,27,28,31). The molecule has 0 unspecified atom stereocenters. The Balaban J connectivity index is 1.39. The van der Waals surface area contributed by atoms with E-state index in [0.29, 0.717) is 44.6 Å². The monoisotopic (exact) mass is 447 g/mol. The number of oxazole rings is 1. The Morgan fingerprint density at radius 3 is 2.66 bits per heavy atom. The van der Waals surface area contributed by atoms with Gasteiger partial charge in [0.15, 0.2) is 5.58 Å². The lowest BCUT2D eigenvalue weighted by molar-refractivity contribution is 0.262. The maximum absolute atomic E-state index is 13.0. The van der Waals surface area contributed by atoms with Crippen molar-refractivity contribution in [2.45, 2.75) is 0 Å². The molecule has 0 fully saturated rings. The van der Waals surface area contributed by atoms with Gasteiger partial charge in [-0.2, -0.15) is 5.10 Å². The number of H-pyrrole nitrogens is 1. The van der Waals surface area contributed by atoms with E-state index in [9.17, 15) is 9.18 Å². The lowest BCUT2D eigenvalue weighted by Gasteiger charge is -2.09. The molecule has 5 aromatic rings. The average molecular weight is 448 g/mol. The van der Waals surface area contributed by atoms with E-state index in [4.69, 9.17) is 16.0 Å². The number of amides is 2. The third kappa shape index (κ3) is 4.03. The molecule has 2 amide bonds. The van der Waals surface area contributed by atoms with Gasteiger partial charge in [-0.3, -0.25) is 5.10 Å². The van der Waals surface area contributed by atoms with Crippen molar-refractivity contribution in [3.05, 3.63) is 83.8 Å². The quantitative estimate of drug-likeness (QED) is 0.300. The third-order valence-corrected chi connectivity index (χ3v) is 4.95. The van der Waals surface area contributed by atoms with Crippen LogP contribution in [0.1, 0.15) is 0 Å². The van der Waals surface area contributed by atoms with E-state index in [0.717, 1.165) is 5.56 Å². The molecule has 9 heteroatoms. The van der Waals surface area contributed by atoms with Gasteiger partial charge in [-0.15, -0.1) is 0 Å². The van der Waals surface area contributed by atoms with Crippen molar-refractivity contribution in [2.75, 3.05) is 10.6 Å². The van der Waals surface area contributed by atoms with Crippen molar-refractivity contribution in [1.29, 1.82) is 0 Å². The van der Waals surface area contributed by atoms with Crippen LogP contribution in [0.5, 0.6) is 0 Å². The minimum Gasteiger partial charge on any atom is -0.436 e. The number of nitrogens with one attached hydrogen (secondary N) is 3. The lowest BCUT2D eigenvalue weighted by Crippen LogP contribution is -2.19. The first kappa shape index (κ1) is 19.8. The van der Waals surface area contributed by atoms with Gasteiger partial charge in [0.05, 0.1) is 5.56 Å². The summed E-state index contributed by atoms with van der Waals surface area (Å²) in [5.41, 5.74) is 4.33. The Morgan fingerprint density at radius 2 is 1.81 bits per heavy atom. The fraction of sp³-hybridized carbons (Fsp3) is 0. The zero-order valence-electron chi connectivity index (χ0n) is 16.4. The summed E-state index contributed by atoms with van der Waals surface area (Å²) in [6, 6.07) is 17.5. The van der Waals surface area contributed by atoms with E-state index in [-0.39, 0.29) is 5.82 Å². The van der Waals surface area contributed by atoms with Crippen molar-refractivity contribution in [3.63, 3.8) is 0 Å². The van der Waals surface area contributed by atoms with Crippen molar-refractivity contribution >= 4 is 40.1 Å². The second-order valence-corrected chi connectivity index (χ2v) is 7.38.